The van der Waals surface area contributed by atoms with E-state index in [0.717, 1.165) is 10.7 Å². The molecule has 0 aliphatic carbocycles. The second-order valence-electron chi connectivity index (χ2n) is 5.78. The number of halogens is 1. The fourth-order valence-corrected chi connectivity index (χ4v) is 4.41. The highest BCUT2D eigenvalue weighted by molar-refractivity contribution is 8.00. The number of hydrogen-bond acceptors (Lipinski definition) is 5. The van der Waals surface area contributed by atoms with Crippen LogP contribution in [0.15, 0.2) is 29.6 Å². The summed E-state index contributed by atoms with van der Waals surface area (Å²) in [5.41, 5.74) is 1.43. The van der Waals surface area contributed by atoms with Gasteiger partial charge in [0.15, 0.2) is 0 Å². The molecule has 1 aromatic heterocycles. The number of benzene rings is 1. The summed E-state index contributed by atoms with van der Waals surface area (Å²) in [6.45, 7) is 2.25. The van der Waals surface area contributed by atoms with E-state index in [9.17, 15) is 14.0 Å². The number of hydrogen-bond donors (Lipinski definition) is 2. The number of thioether (sulfide) groups is 1. The zero-order valence-electron chi connectivity index (χ0n) is 13.6. The Balaban J connectivity index is 1.51. The molecule has 2 unspecified atom stereocenters. The first-order valence-corrected chi connectivity index (χ1v) is 9.80. The van der Waals surface area contributed by atoms with Crippen molar-refractivity contribution >= 4 is 34.9 Å². The maximum atomic E-state index is 13.7. The van der Waals surface area contributed by atoms with Crippen molar-refractivity contribution in [3.05, 3.63) is 51.7 Å². The van der Waals surface area contributed by atoms with Gasteiger partial charge in [-0.25, -0.2) is 9.37 Å². The van der Waals surface area contributed by atoms with Crippen LogP contribution < -0.4 is 10.6 Å². The van der Waals surface area contributed by atoms with E-state index in [0.29, 0.717) is 24.3 Å². The van der Waals surface area contributed by atoms with Crippen molar-refractivity contribution in [2.75, 3.05) is 5.75 Å². The van der Waals surface area contributed by atoms with Crippen LogP contribution in [0, 0.1) is 12.7 Å². The summed E-state index contributed by atoms with van der Waals surface area (Å²) in [7, 11) is 0. The van der Waals surface area contributed by atoms with Crippen molar-refractivity contribution in [2.45, 2.75) is 31.2 Å². The molecular weight excluding hydrogens is 361 g/mol. The smallest absolute Gasteiger partial charge is 0.243 e. The van der Waals surface area contributed by atoms with Gasteiger partial charge in [0.25, 0.3) is 0 Å². The highest BCUT2D eigenvalue weighted by Gasteiger charge is 2.32. The van der Waals surface area contributed by atoms with Crippen molar-refractivity contribution in [3.63, 3.8) is 0 Å². The predicted molar refractivity (Wildman–Crippen MR) is 97.0 cm³/mol. The third-order valence-electron chi connectivity index (χ3n) is 3.83. The second-order valence-corrected chi connectivity index (χ2v) is 7.96. The lowest BCUT2D eigenvalue weighted by Crippen LogP contribution is -2.54. The van der Waals surface area contributed by atoms with Crippen LogP contribution in [0.4, 0.5) is 4.39 Å². The Morgan fingerprint density at radius 2 is 2.24 bits per heavy atom. The van der Waals surface area contributed by atoms with E-state index in [1.807, 2.05) is 12.3 Å². The van der Waals surface area contributed by atoms with Gasteiger partial charge in [0.2, 0.25) is 11.8 Å². The molecule has 2 aromatic rings. The van der Waals surface area contributed by atoms with Gasteiger partial charge in [-0.3, -0.25) is 9.59 Å². The fraction of sp³-hybridized carbons (Fsp3) is 0.353. The Morgan fingerprint density at radius 3 is 2.92 bits per heavy atom. The van der Waals surface area contributed by atoms with E-state index in [1.54, 1.807) is 18.2 Å². The first kappa shape index (κ1) is 17.9. The SMILES string of the molecule is Cc1csc(CNC(=O)C2CSC(Cc3ccccc3F)C(=O)N2)n1. The number of nitrogens with one attached hydrogen (secondary N) is 2. The molecule has 3 rings (SSSR count). The summed E-state index contributed by atoms with van der Waals surface area (Å²) in [4.78, 5) is 28.8. The molecule has 2 atom stereocenters. The Kier molecular flexibility index (Phi) is 5.70. The number of carbonyl (C=O) groups is 2. The maximum absolute atomic E-state index is 13.7. The largest absolute Gasteiger partial charge is 0.348 e. The zero-order chi connectivity index (χ0) is 17.8. The van der Waals surface area contributed by atoms with E-state index in [4.69, 9.17) is 0 Å². The molecule has 25 heavy (non-hydrogen) atoms. The molecule has 1 saturated heterocycles. The quantitative estimate of drug-likeness (QED) is 0.834. The Morgan fingerprint density at radius 1 is 1.44 bits per heavy atom. The van der Waals surface area contributed by atoms with E-state index in [2.05, 4.69) is 15.6 Å². The number of nitrogens with zero attached hydrogens (tertiary/aromatic N) is 1. The lowest BCUT2D eigenvalue weighted by Gasteiger charge is -2.28. The highest BCUT2D eigenvalue weighted by Crippen LogP contribution is 2.23. The third-order valence-corrected chi connectivity index (χ3v) is 6.11. The van der Waals surface area contributed by atoms with Crippen molar-refractivity contribution in [3.8, 4) is 0 Å². The molecule has 0 saturated carbocycles. The molecule has 1 aliphatic rings. The van der Waals surface area contributed by atoms with Gasteiger partial charge in [-0.15, -0.1) is 23.1 Å². The van der Waals surface area contributed by atoms with Crippen LogP contribution >= 0.6 is 23.1 Å². The minimum Gasteiger partial charge on any atom is -0.348 e. The highest BCUT2D eigenvalue weighted by atomic mass is 32.2. The average molecular weight is 379 g/mol. The van der Waals surface area contributed by atoms with Gasteiger partial charge < -0.3 is 10.6 Å². The molecule has 8 heteroatoms. The van der Waals surface area contributed by atoms with E-state index < -0.39 is 6.04 Å². The average Bonchev–Trinajstić information content (AvgIpc) is 3.02. The maximum Gasteiger partial charge on any atom is 0.243 e. The van der Waals surface area contributed by atoms with E-state index in [-0.39, 0.29) is 22.9 Å². The molecule has 1 fully saturated rings. The van der Waals surface area contributed by atoms with Gasteiger partial charge >= 0.3 is 0 Å². The zero-order valence-corrected chi connectivity index (χ0v) is 15.3. The molecule has 5 nitrogen and oxygen atoms in total. The molecule has 0 bridgehead atoms. The van der Waals surface area contributed by atoms with Gasteiger partial charge in [0.05, 0.1) is 11.8 Å². The van der Waals surface area contributed by atoms with Crippen molar-refractivity contribution < 1.29 is 14.0 Å². The van der Waals surface area contributed by atoms with Crippen LogP contribution in [0.1, 0.15) is 16.3 Å². The number of thiazole rings is 1. The lowest BCUT2D eigenvalue weighted by molar-refractivity contribution is -0.128. The van der Waals surface area contributed by atoms with Crippen LogP contribution in [-0.2, 0) is 22.6 Å². The van der Waals surface area contributed by atoms with Gasteiger partial charge in [-0.05, 0) is 25.0 Å². The van der Waals surface area contributed by atoms with Crippen molar-refractivity contribution in [1.82, 2.24) is 15.6 Å². The summed E-state index contributed by atoms with van der Waals surface area (Å²) in [5.74, 6) is -0.301. The van der Waals surface area contributed by atoms with E-state index in [1.165, 1.54) is 29.2 Å². The van der Waals surface area contributed by atoms with Gasteiger partial charge in [0, 0.05) is 16.8 Å². The molecule has 2 amide bonds. The second kappa shape index (κ2) is 7.97. The monoisotopic (exact) mass is 379 g/mol. The summed E-state index contributed by atoms with van der Waals surface area (Å²) in [5, 5.41) is 7.90. The third kappa shape index (κ3) is 4.58. The number of aromatic nitrogens is 1. The summed E-state index contributed by atoms with van der Waals surface area (Å²) in [6, 6.07) is 5.86. The Hall–Kier alpha value is -1.93. The van der Waals surface area contributed by atoms with Gasteiger partial charge in [0.1, 0.15) is 16.9 Å². The molecule has 2 N–H and O–H groups in total. The minimum atomic E-state index is -0.574. The lowest BCUT2D eigenvalue weighted by atomic mass is 10.1. The first-order valence-electron chi connectivity index (χ1n) is 7.87. The molecule has 2 heterocycles. The van der Waals surface area contributed by atoms with Gasteiger partial charge in [-0.1, -0.05) is 18.2 Å². The number of amides is 2. The topological polar surface area (TPSA) is 71.1 Å². The molecule has 132 valence electrons. The van der Waals surface area contributed by atoms with Crippen LogP contribution in [0.25, 0.3) is 0 Å². The minimum absolute atomic E-state index is 0.224. The first-order chi connectivity index (χ1) is 12.0. The van der Waals surface area contributed by atoms with Crippen LogP contribution in [0.2, 0.25) is 0 Å². The van der Waals surface area contributed by atoms with Crippen LogP contribution in [0.3, 0.4) is 0 Å². The van der Waals surface area contributed by atoms with Crippen molar-refractivity contribution in [2.24, 2.45) is 0 Å². The Labute approximate surface area is 153 Å². The predicted octanol–water partition coefficient (Wildman–Crippen LogP) is 2.05. The molecule has 1 aromatic carbocycles. The van der Waals surface area contributed by atoms with Gasteiger partial charge in [-0.2, -0.15) is 0 Å². The molecular formula is C17H18FN3O2S2. The number of aryl methyl sites for hydroxylation is 1. The van der Waals surface area contributed by atoms with Crippen LogP contribution in [0.5, 0.6) is 0 Å². The summed E-state index contributed by atoms with van der Waals surface area (Å²) in [6.07, 6.45) is 0.315. The fourth-order valence-electron chi connectivity index (χ4n) is 2.52. The van der Waals surface area contributed by atoms with Crippen LogP contribution in [-0.4, -0.2) is 33.8 Å². The Bertz CT molecular complexity index is 781. The standard InChI is InChI=1S/C17H18FN3O2S2/c1-10-8-25-15(20-10)7-19-16(22)13-9-24-14(17(23)21-13)6-11-4-2-3-5-12(11)18/h2-5,8,13-14H,6-7,9H2,1H3,(H,19,22)(H,21,23). The molecule has 0 radical (unpaired) electrons. The summed E-state index contributed by atoms with van der Waals surface area (Å²) < 4.78 is 13.7. The normalized spacial score (nSPS) is 20.2. The summed E-state index contributed by atoms with van der Waals surface area (Å²) >= 11 is 2.87. The van der Waals surface area contributed by atoms with Crippen molar-refractivity contribution in [1.29, 1.82) is 0 Å². The number of carbonyl (C=O) groups excluding carboxylic acids is 2. The molecule has 1 aliphatic heterocycles. The molecule has 0 spiro atoms. The van der Waals surface area contributed by atoms with E-state index >= 15 is 0 Å². The number of rotatable bonds is 5.